The number of aromatic nitrogens is 2. The Balaban J connectivity index is 1.97. The largest absolute Gasteiger partial charge is 0.495 e. The molecule has 0 saturated heterocycles. The number of anilines is 1. The van der Waals surface area contributed by atoms with Crippen molar-refractivity contribution in [3.05, 3.63) is 70.5 Å². The summed E-state index contributed by atoms with van der Waals surface area (Å²) >= 11 is 6.51. The molecule has 5 nitrogen and oxygen atoms in total. The summed E-state index contributed by atoms with van der Waals surface area (Å²) in [7, 11) is 1.58. The van der Waals surface area contributed by atoms with Crippen molar-refractivity contribution in [2.24, 2.45) is 0 Å². The van der Waals surface area contributed by atoms with E-state index in [-0.39, 0.29) is 16.5 Å². The average Bonchev–Trinajstić information content (AvgIpc) is 2.96. The van der Waals surface area contributed by atoms with Crippen LogP contribution >= 0.6 is 11.6 Å². The molecule has 0 radical (unpaired) electrons. The first-order chi connectivity index (χ1) is 13.2. The lowest BCUT2D eigenvalue weighted by atomic mass is 9.87. The zero-order valence-corrected chi connectivity index (χ0v) is 17.5. The van der Waals surface area contributed by atoms with Gasteiger partial charge in [0.1, 0.15) is 16.5 Å². The van der Waals surface area contributed by atoms with Gasteiger partial charge in [-0.15, -0.1) is 0 Å². The summed E-state index contributed by atoms with van der Waals surface area (Å²) < 4.78 is 6.98. The van der Waals surface area contributed by atoms with Crippen LogP contribution in [0.25, 0.3) is 5.69 Å². The first-order valence-corrected chi connectivity index (χ1v) is 9.40. The van der Waals surface area contributed by atoms with Crippen LogP contribution in [0.4, 0.5) is 5.69 Å². The molecule has 1 N–H and O–H groups in total. The Kier molecular flexibility index (Phi) is 5.47. The van der Waals surface area contributed by atoms with E-state index in [4.69, 9.17) is 16.3 Å². The van der Waals surface area contributed by atoms with Gasteiger partial charge in [-0.3, -0.25) is 4.79 Å². The van der Waals surface area contributed by atoms with Crippen molar-refractivity contribution in [3.63, 3.8) is 0 Å². The minimum absolute atomic E-state index is 0.0580. The van der Waals surface area contributed by atoms with E-state index in [9.17, 15) is 4.79 Å². The first-order valence-electron chi connectivity index (χ1n) is 9.03. The van der Waals surface area contributed by atoms with Crippen LogP contribution in [0.3, 0.4) is 0 Å². The van der Waals surface area contributed by atoms with E-state index in [0.29, 0.717) is 22.7 Å². The van der Waals surface area contributed by atoms with Crippen LogP contribution in [-0.2, 0) is 5.41 Å². The second-order valence-electron chi connectivity index (χ2n) is 7.62. The molecule has 1 aromatic heterocycles. The topological polar surface area (TPSA) is 56.1 Å². The number of hydrogen-bond acceptors (Lipinski definition) is 3. The number of carbonyl (C=O) groups excluding carboxylic acids is 1. The molecule has 1 heterocycles. The van der Waals surface area contributed by atoms with Crippen molar-refractivity contribution in [1.82, 2.24) is 9.78 Å². The number of ether oxygens (including phenoxy) is 1. The quantitative estimate of drug-likeness (QED) is 0.641. The van der Waals surface area contributed by atoms with Gasteiger partial charge in [-0.1, -0.05) is 56.6 Å². The maximum atomic E-state index is 13.0. The summed E-state index contributed by atoms with van der Waals surface area (Å²) in [5, 5.41) is 7.64. The number of aryl methyl sites for hydroxylation is 1. The summed E-state index contributed by atoms with van der Waals surface area (Å²) in [5.41, 5.74) is 3.32. The highest BCUT2D eigenvalue weighted by atomic mass is 35.5. The molecule has 0 aliphatic heterocycles. The molecule has 3 rings (SSSR count). The number of halogens is 1. The summed E-state index contributed by atoms with van der Waals surface area (Å²) in [6.45, 7) is 8.12. The van der Waals surface area contributed by atoms with Crippen LogP contribution < -0.4 is 10.1 Å². The molecule has 3 aromatic rings. The zero-order valence-electron chi connectivity index (χ0n) is 16.7. The average molecular weight is 398 g/mol. The second kappa shape index (κ2) is 7.68. The Morgan fingerprint density at radius 2 is 1.82 bits per heavy atom. The molecule has 0 bridgehead atoms. The Bertz CT molecular complexity index is 1000. The Morgan fingerprint density at radius 1 is 1.14 bits per heavy atom. The Hall–Kier alpha value is -2.79. The third kappa shape index (κ3) is 3.90. The summed E-state index contributed by atoms with van der Waals surface area (Å²) in [5.74, 6) is 0.264. The summed E-state index contributed by atoms with van der Waals surface area (Å²) in [4.78, 5) is 13.0. The highest BCUT2D eigenvalue weighted by Crippen LogP contribution is 2.32. The molecule has 0 unspecified atom stereocenters. The smallest absolute Gasteiger partial charge is 0.260 e. The van der Waals surface area contributed by atoms with Crippen molar-refractivity contribution < 1.29 is 9.53 Å². The van der Waals surface area contributed by atoms with Gasteiger partial charge in [0.15, 0.2) is 0 Å². The number of amides is 1. The van der Waals surface area contributed by atoms with E-state index in [1.165, 1.54) is 0 Å². The van der Waals surface area contributed by atoms with Gasteiger partial charge in [0.05, 0.1) is 24.2 Å². The lowest BCUT2D eigenvalue weighted by molar-refractivity contribution is 0.102. The maximum absolute atomic E-state index is 13.0. The number of rotatable bonds is 4. The molecule has 2 aromatic carbocycles. The number of nitrogens with zero attached hydrogens (tertiary/aromatic N) is 2. The van der Waals surface area contributed by atoms with Gasteiger partial charge in [0.25, 0.3) is 5.91 Å². The number of para-hydroxylation sites is 1. The first kappa shape index (κ1) is 20.0. The van der Waals surface area contributed by atoms with Crippen molar-refractivity contribution in [2.75, 3.05) is 12.4 Å². The molecule has 6 heteroatoms. The van der Waals surface area contributed by atoms with Crippen LogP contribution in [0, 0.1) is 6.92 Å². The fraction of sp³-hybridized carbons (Fsp3) is 0.273. The van der Waals surface area contributed by atoms with Crippen molar-refractivity contribution in [2.45, 2.75) is 33.1 Å². The number of methoxy groups -OCH3 is 1. The van der Waals surface area contributed by atoms with Crippen LogP contribution in [-0.4, -0.2) is 22.8 Å². The maximum Gasteiger partial charge on any atom is 0.260 e. The van der Waals surface area contributed by atoms with Crippen LogP contribution in [0.1, 0.15) is 42.4 Å². The zero-order chi connectivity index (χ0) is 20.5. The molecular formula is C22H24ClN3O2. The number of benzene rings is 2. The number of hydrogen-bond donors (Lipinski definition) is 1. The molecule has 0 fully saturated rings. The van der Waals surface area contributed by atoms with E-state index >= 15 is 0 Å². The normalized spacial score (nSPS) is 11.4. The SMILES string of the molecule is COc1ccc(C(C)(C)C)cc1NC(=O)c1c(C)nn(-c2ccccc2)c1Cl. The fourth-order valence-electron chi connectivity index (χ4n) is 2.95. The van der Waals surface area contributed by atoms with Crippen molar-refractivity contribution in [3.8, 4) is 11.4 Å². The van der Waals surface area contributed by atoms with Gasteiger partial charge in [-0.05, 0) is 42.2 Å². The molecule has 28 heavy (non-hydrogen) atoms. The van der Waals surface area contributed by atoms with Gasteiger partial charge >= 0.3 is 0 Å². The standard InChI is InChI=1S/C22H24ClN3O2/c1-14-19(20(23)26(25-14)16-9-7-6-8-10-16)21(27)24-17-13-15(22(2,3)4)11-12-18(17)28-5/h6-13H,1-5H3,(H,24,27). The Morgan fingerprint density at radius 3 is 2.43 bits per heavy atom. The molecule has 0 aliphatic rings. The van der Waals surface area contributed by atoms with Gasteiger partial charge in [0.2, 0.25) is 0 Å². The lowest BCUT2D eigenvalue weighted by Gasteiger charge is -2.21. The van der Waals surface area contributed by atoms with Crippen LogP contribution in [0.15, 0.2) is 48.5 Å². The second-order valence-corrected chi connectivity index (χ2v) is 7.98. The van der Waals surface area contributed by atoms with Crippen LogP contribution in [0.2, 0.25) is 5.15 Å². The molecule has 0 spiro atoms. The van der Waals surface area contributed by atoms with E-state index in [1.54, 1.807) is 18.7 Å². The van der Waals surface area contributed by atoms with Crippen molar-refractivity contribution in [1.29, 1.82) is 0 Å². The predicted molar refractivity (Wildman–Crippen MR) is 113 cm³/mol. The summed E-state index contributed by atoms with van der Waals surface area (Å²) in [6.07, 6.45) is 0. The lowest BCUT2D eigenvalue weighted by Crippen LogP contribution is -2.16. The fourth-order valence-corrected chi connectivity index (χ4v) is 3.31. The molecule has 1 amide bonds. The van der Waals surface area contributed by atoms with E-state index in [0.717, 1.165) is 11.3 Å². The number of carbonyl (C=O) groups is 1. The minimum Gasteiger partial charge on any atom is -0.495 e. The van der Waals surface area contributed by atoms with Gasteiger partial charge in [-0.25, -0.2) is 4.68 Å². The van der Waals surface area contributed by atoms with Crippen LogP contribution in [0.5, 0.6) is 5.75 Å². The highest BCUT2D eigenvalue weighted by molar-refractivity contribution is 6.34. The molecule has 0 atom stereocenters. The monoisotopic (exact) mass is 397 g/mol. The molecule has 0 aliphatic carbocycles. The van der Waals surface area contributed by atoms with E-state index in [1.807, 2.05) is 48.5 Å². The minimum atomic E-state index is -0.325. The number of nitrogens with one attached hydrogen (secondary N) is 1. The molecule has 0 saturated carbocycles. The van der Waals surface area contributed by atoms with Gasteiger partial charge in [-0.2, -0.15) is 5.10 Å². The van der Waals surface area contributed by atoms with E-state index < -0.39 is 0 Å². The van der Waals surface area contributed by atoms with Gasteiger partial charge in [0, 0.05) is 0 Å². The predicted octanol–water partition coefficient (Wildman–Crippen LogP) is 5.39. The Labute approximate surface area is 170 Å². The van der Waals surface area contributed by atoms with Crippen molar-refractivity contribution >= 4 is 23.2 Å². The van der Waals surface area contributed by atoms with Gasteiger partial charge < -0.3 is 10.1 Å². The third-order valence-corrected chi connectivity index (χ3v) is 4.89. The summed E-state index contributed by atoms with van der Waals surface area (Å²) in [6, 6.07) is 15.3. The third-order valence-electron chi connectivity index (χ3n) is 4.55. The molecule has 146 valence electrons. The highest BCUT2D eigenvalue weighted by Gasteiger charge is 2.23. The molecular weight excluding hydrogens is 374 g/mol. The van der Waals surface area contributed by atoms with E-state index in [2.05, 4.69) is 31.2 Å².